The van der Waals surface area contributed by atoms with Crippen LogP contribution < -0.4 is 86.7 Å². The van der Waals surface area contributed by atoms with Crippen molar-refractivity contribution in [3.8, 4) is 0 Å². The number of nitrogens with two attached hydrogens (primary N) is 4. The summed E-state index contributed by atoms with van der Waals surface area (Å²) in [4.78, 5) is 217. The van der Waals surface area contributed by atoms with Crippen molar-refractivity contribution in [3.05, 3.63) is 35.9 Å². The molecule has 554 valence electrons. The highest BCUT2D eigenvalue weighted by molar-refractivity contribution is 6.00. The average Bonchev–Trinajstić information content (AvgIpc) is 0.874. The first-order valence-electron chi connectivity index (χ1n) is 33.1. The number of hydrogen-bond acceptors (Lipinski definition) is 20. The van der Waals surface area contributed by atoms with E-state index in [1.165, 1.54) is 0 Å². The van der Waals surface area contributed by atoms with E-state index < -0.39 is 218 Å². The minimum Gasteiger partial charge on any atom is -0.481 e. The van der Waals surface area contributed by atoms with Crippen molar-refractivity contribution in [3.63, 3.8) is 0 Å². The number of aliphatic hydroxyl groups is 1. The topological polar surface area (TPSA) is 602 Å². The number of primary amides is 1. The lowest BCUT2D eigenvalue weighted by atomic mass is 10.00. The zero-order chi connectivity index (χ0) is 74.5. The number of rotatable bonds is 28. The minimum atomic E-state index is -2.00. The van der Waals surface area contributed by atoms with Crippen molar-refractivity contribution in [2.75, 3.05) is 26.2 Å². The number of hydrogen-bond donors (Lipinski definition) is 20. The highest BCUT2D eigenvalue weighted by Crippen LogP contribution is 2.14. The van der Waals surface area contributed by atoms with E-state index in [2.05, 4.69) is 63.8 Å². The van der Waals surface area contributed by atoms with E-state index in [-0.39, 0.29) is 83.3 Å². The van der Waals surface area contributed by atoms with Gasteiger partial charge in [0.15, 0.2) is 0 Å². The number of carboxylic acids is 3. The zero-order valence-corrected chi connectivity index (χ0v) is 56.7. The normalized spacial score (nSPS) is 23.2. The maximum atomic E-state index is 14.7. The molecule has 24 N–H and O–H groups in total. The van der Waals surface area contributed by atoms with Gasteiger partial charge in [-0.3, -0.25) is 76.7 Å². The first-order chi connectivity index (χ1) is 46.6. The quantitative estimate of drug-likeness (QED) is 0.0348. The molecule has 13 amide bonds. The van der Waals surface area contributed by atoms with Crippen LogP contribution in [0.15, 0.2) is 30.3 Å². The fourth-order valence-electron chi connectivity index (χ4n) is 10.1. The van der Waals surface area contributed by atoms with Crippen molar-refractivity contribution >= 4 is 94.7 Å². The molecular formula is C63H102N16O20. The van der Waals surface area contributed by atoms with Crippen molar-refractivity contribution in [1.82, 2.24) is 63.8 Å². The van der Waals surface area contributed by atoms with Crippen LogP contribution in [0.25, 0.3) is 0 Å². The molecule has 12 atom stereocenters. The molecule has 1 aromatic rings. The summed E-state index contributed by atoms with van der Waals surface area (Å²) < 4.78 is 0. The lowest BCUT2D eigenvalue weighted by molar-refractivity contribution is -0.142. The Morgan fingerprint density at radius 1 is 0.535 bits per heavy atom. The van der Waals surface area contributed by atoms with Gasteiger partial charge in [0.05, 0.1) is 31.5 Å². The Hall–Kier alpha value is -9.42. The van der Waals surface area contributed by atoms with Crippen LogP contribution in [0.3, 0.4) is 0 Å². The van der Waals surface area contributed by atoms with E-state index >= 15 is 0 Å². The summed E-state index contributed by atoms with van der Waals surface area (Å²) in [6.07, 6.45) is -5.31. The molecule has 0 saturated carbocycles. The van der Waals surface area contributed by atoms with Gasteiger partial charge in [0.25, 0.3) is 0 Å². The molecule has 1 aliphatic heterocycles. The van der Waals surface area contributed by atoms with Crippen molar-refractivity contribution < 1.29 is 97.1 Å². The second-order valence-electron chi connectivity index (χ2n) is 25.1. The number of carbonyl (C=O) groups is 16. The predicted molar refractivity (Wildman–Crippen MR) is 354 cm³/mol. The van der Waals surface area contributed by atoms with E-state index in [1.807, 2.05) is 0 Å². The molecule has 36 heteroatoms. The molecule has 0 bridgehead atoms. The van der Waals surface area contributed by atoms with Crippen LogP contribution in [-0.4, -0.2) is 214 Å². The third-order valence-electron chi connectivity index (χ3n) is 15.5. The van der Waals surface area contributed by atoms with Crippen LogP contribution in [0, 0.1) is 11.8 Å². The third-order valence-corrected chi connectivity index (χ3v) is 15.5. The summed E-state index contributed by atoms with van der Waals surface area (Å²) in [5.74, 6) is -19.1. The van der Waals surface area contributed by atoms with E-state index in [1.54, 1.807) is 58.0 Å². The summed E-state index contributed by atoms with van der Waals surface area (Å²) in [5.41, 5.74) is 23.7. The van der Waals surface area contributed by atoms with Gasteiger partial charge >= 0.3 is 17.9 Å². The van der Waals surface area contributed by atoms with Crippen molar-refractivity contribution in [2.24, 2.45) is 34.8 Å². The number of unbranched alkanes of at least 4 members (excludes halogenated alkanes) is 2. The Labute approximate surface area is 573 Å². The number of aliphatic carboxylic acids is 3. The summed E-state index contributed by atoms with van der Waals surface area (Å²) in [6, 6.07) is -9.92. The summed E-state index contributed by atoms with van der Waals surface area (Å²) in [5, 5.41) is 68.7. The Morgan fingerprint density at radius 2 is 1.02 bits per heavy atom. The molecule has 0 aromatic heterocycles. The lowest BCUT2D eigenvalue weighted by Gasteiger charge is -2.28. The first-order valence-corrected chi connectivity index (χ1v) is 33.1. The maximum absolute atomic E-state index is 14.7. The summed E-state index contributed by atoms with van der Waals surface area (Å²) >= 11 is 0. The van der Waals surface area contributed by atoms with Crippen LogP contribution in [0.2, 0.25) is 0 Å². The van der Waals surface area contributed by atoms with Gasteiger partial charge in [0, 0.05) is 25.8 Å². The Balaban J connectivity index is 2.84. The van der Waals surface area contributed by atoms with Gasteiger partial charge in [-0.2, -0.15) is 0 Å². The standard InChI is InChI=1S/C63H102N16O20/c1-33(2)27-42-58(94)78-46(31-51(87)88)62(98)73-41(21-23-50(85)86)57(93)79-52(35(5)80)63(99)69-32-48(82)70-40(20-22-49(83)84)56(92)76-44(29-36-15-7-6-8-16-36)60(96)75-43(28-34(3)4)59(95)77-45(30-47(81)68-26-14-11-17-37(66)54(90)74-42)61(97)72-39(19-10-13-25-65)55(91)71-38(53(67)89)18-9-12-24-64/h6-8,15-16,33-35,37-46,52,80H,9-14,17-32,64-66H2,1-5H3,(H2,67,89)(H,68,81)(H,69,99)(H,70,82)(H,71,91)(H,72,97)(H,73,98)(H,74,90)(H,75,96)(H,76,92)(H,77,95)(H,78,94)(H,79,93)(H,83,84)(H,85,86)(H,87,88)/t35-,37+,38+,39-,40+,41+,42+,43+,44+,45-,46+,52+/m1/s1. The minimum absolute atomic E-state index is 0.0456. The number of aliphatic hydroxyl groups excluding tert-OH is 1. The average molecular weight is 1400 g/mol. The molecule has 99 heavy (non-hydrogen) atoms. The maximum Gasteiger partial charge on any atom is 0.305 e. The molecule has 1 heterocycles. The molecular weight excluding hydrogens is 1300 g/mol. The summed E-state index contributed by atoms with van der Waals surface area (Å²) in [6.45, 7) is 7.09. The monoisotopic (exact) mass is 1400 g/mol. The van der Waals surface area contributed by atoms with Crippen LogP contribution in [0.5, 0.6) is 0 Å². The van der Waals surface area contributed by atoms with Crippen LogP contribution >= 0.6 is 0 Å². The number of carboxylic acid groups (broad SMARTS) is 3. The van der Waals surface area contributed by atoms with Crippen molar-refractivity contribution in [2.45, 2.75) is 223 Å². The van der Waals surface area contributed by atoms with Gasteiger partial charge in [0.1, 0.15) is 60.4 Å². The van der Waals surface area contributed by atoms with Crippen molar-refractivity contribution in [1.29, 1.82) is 0 Å². The second kappa shape index (κ2) is 45.2. The third kappa shape index (κ3) is 34.1. The smallest absolute Gasteiger partial charge is 0.305 e. The first kappa shape index (κ1) is 85.7. The fraction of sp³-hybridized carbons (Fsp3) is 0.651. The van der Waals surface area contributed by atoms with Crippen LogP contribution in [0.4, 0.5) is 0 Å². The molecule has 1 saturated heterocycles. The summed E-state index contributed by atoms with van der Waals surface area (Å²) in [7, 11) is 0. The lowest BCUT2D eigenvalue weighted by Crippen LogP contribution is -2.61. The number of carbonyl (C=O) groups excluding carboxylic acids is 13. The molecule has 1 aliphatic rings. The van der Waals surface area contributed by atoms with Gasteiger partial charge in [-0.05, 0) is 121 Å². The van der Waals surface area contributed by atoms with Crippen LogP contribution in [-0.2, 0) is 83.1 Å². The number of nitrogens with one attached hydrogen (secondary N) is 12. The van der Waals surface area contributed by atoms with E-state index in [9.17, 15) is 97.1 Å². The molecule has 0 radical (unpaired) electrons. The van der Waals surface area contributed by atoms with Gasteiger partial charge < -0.3 is 107 Å². The van der Waals surface area contributed by atoms with Gasteiger partial charge in [0.2, 0.25) is 76.8 Å². The Kier molecular flexibility index (Phi) is 39.1. The highest BCUT2D eigenvalue weighted by Gasteiger charge is 2.38. The Morgan fingerprint density at radius 3 is 1.56 bits per heavy atom. The number of amides is 13. The Bertz CT molecular complexity index is 2920. The predicted octanol–water partition coefficient (Wildman–Crippen LogP) is -5.37. The molecule has 1 aromatic carbocycles. The fourth-order valence-corrected chi connectivity index (χ4v) is 10.1. The second-order valence-corrected chi connectivity index (χ2v) is 25.1. The van der Waals surface area contributed by atoms with Gasteiger partial charge in [-0.1, -0.05) is 58.0 Å². The number of benzene rings is 1. The van der Waals surface area contributed by atoms with Crippen LogP contribution in [0.1, 0.15) is 149 Å². The highest BCUT2D eigenvalue weighted by atomic mass is 16.4. The van der Waals surface area contributed by atoms with Gasteiger partial charge in [-0.25, -0.2) is 0 Å². The van der Waals surface area contributed by atoms with E-state index in [0.717, 1.165) is 6.92 Å². The molecule has 36 nitrogen and oxygen atoms in total. The van der Waals surface area contributed by atoms with Gasteiger partial charge in [-0.15, -0.1) is 0 Å². The zero-order valence-electron chi connectivity index (χ0n) is 56.7. The largest absolute Gasteiger partial charge is 0.481 e. The molecule has 0 spiro atoms. The molecule has 1 fully saturated rings. The van der Waals surface area contributed by atoms with E-state index in [0.29, 0.717) is 24.8 Å². The molecule has 2 rings (SSSR count). The van der Waals surface area contributed by atoms with E-state index in [4.69, 9.17) is 22.9 Å². The molecule has 0 unspecified atom stereocenters. The molecule has 0 aliphatic carbocycles. The SMILES string of the molecule is CC(C)C[C@@H]1NC(=O)[C@H](Cc2ccccc2)NC(=O)[C@H](CCC(=O)O)NC(=O)CNC(=O)[C@H]([C@@H](C)O)NC(=O)[C@H](CCC(=O)O)NC(=O)[C@H](CC(=O)O)NC(=O)[C@H](CC(C)C)NC(=O)[C@@H](N)CCCCNC(=O)C[C@H](C(=O)N[C@H](CCCCN)C(=O)N[C@@H](CCCCN)C(N)=O)NC1=O.